The molecule has 0 saturated heterocycles. The molecule has 2 heteroatoms. The Labute approximate surface area is 110 Å². The lowest BCUT2D eigenvalue weighted by Crippen LogP contribution is -2.10. The Kier molecular flexibility index (Phi) is 4.13. The molecule has 0 aromatic carbocycles. The van der Waals surface area contributed by atoms with Gasteiger partial charge < -0.3 is 5.32 Å². The van der Waals surface area contributed by atoms with Crippen LogP contribution < -0.4 is 5.32 Å². The minimum absolute atomic E-state index is 0.526. The van der Waals surface area contributed by atoms with Gasteiger partial charge in [0.15, 0.2) is 0 Å². The van der Waals surface area contributed by atoms with Gasteiger partial charge in [-0.25, -0.2) is 0 Å². The second-order valence-corrected chi connectivity index (χ2v) is 6.98. The van der Waals surface area contributed by atoms with Crippen molar-refractivity contribution in [2.75, 3.05) is 5.32 Å². The van der Waals surface area contributed by atoms with E-state index in [4.69, 9.17) is 0 Å². The maximum absolute atomic E-state index is 3.61. The summed E-state index contributed by atoms with van der Waals surface area (Å²) in [4.78, 5) is 3.16. The van der Waals surface area contributed by atoms with Crippen LogP contribution in [0.3, 0.4) is 0 Å². The highest BCUT2D eigenvalue weighted by Crippen LogP contribution is 2.43. The standard InChI is InChI=1S/C15H25NS/c1-10(2)15-13(16-11(3)4)9-14(17-15)12-7-5-6-8-12/h9-12,16H,5-8H2,1-4H3. The monoisotopic (exact) mass is 251 g/mol. The minimum atomic E-state index is 0.526. The van der Waals surface area contributed by atoms with E-state index in [-0.39, 0.29) is 0 Å². The lowest BCUT2D eigenvalue weighted by atomic mass is 10.1. The molecule has 0 aliphatic heterocycles. The van der Waals surface area contributed by atoms with Crippen molar-refractivity contribution in [1.29, 1.82) is 0 Å². The molecular formula is C15H25NS. The van der Waals surface area contributed by atoms with Crippen LogP contribution in [0.25, 0.3) is 0 Å². The van der Waals surface area contributed by atoms with E-state index >= 15 is 0 Å². The van der Waals surface area contributed by atoms with Crippen molar-refractivity contribution in [1.82, 2.24) is 0 Å². The van der Waals surface area contributed by atoms with E-state index in [1.54, 1.807) is 9.75 Å². The van der Waals surface area contributed by atoms with Gasteiger partial charge in [-0.2, -0.15) is 0 Å². The minimum Gasteiger partial charge on any atom is -0.382 e. The van der Waals surface area contributed by atoms with Crippen LogP contribution in [0, 0.1) is 0 Å². The molecule has 17 heavy (non-hydrogen) atoms. The van der Waals surface area contributed by atoms with Crippen molar-refractivity contribution in [2.45, 2.75) is 71.3 Å². The number of hydrogen-bond acceptors (Lipinski definition) is 2. The molecule has 1 aliphatic carbocycles. The average molecular weight is 251 g/mol. The molecule has 1 N–H and O–H groups in total. The Balaban J connectivity index is 2.23. The molecule has 1 aliphatic rings. The van der Waals surface area contributed by atoms with Crippen molar-refractivity contribution >= 4 is 17.0 Å². The van der Waals surface area contributed by atoms with Gasteiger partial charge in [0.25, 0.3) is 0 Å². The zero-order valence-corrected chi connectivity index (χ0v) is 12.4. The molecule has 1 nitrogen and oxygen atoms in total. The van der Waals surface area contributed by atoms with Crippen molar-refractivity contribution in [3.05, 3.63) is 15.8 Å². The maximum atomic E-state index is 3.61. The molecular weight excluding hydrogens is 226 g/mol. The van der Waals surface area contributed by atoms with Crippen LogP contribution in [0.4, 0.5) is 5.69 Å². The number of rotatable bonds is 4. The fourth-order valence-electron chi connectivity index (χ4n) is 2.69. The highest BCUT2D eigenvalue weighted by molar-refractivity contribution is 7.12. The quantitative estimate of drug-likeness (QED) is 0.760. The summed E-state index contributed by atoms with van der Waals surface area (Å²) in [5.41, 5.74) is 1.39. The van der Waals surface area contributed by atoms with Gasteiger partial charge in [0, 0.05) is 21.5 Å². The molecule has 0 bridgehead atoms. The van der Waals surface area contributed by atoms with Gasteiger partial charge in [0.05, 0.1) is 0 Å². The van der Waals surface area contributed by atoms with Crippen LogP contribution in [0.15, 0.2) is 6.07 Å². The summed E-state index contributed by atoms with van der Waals surface area (Å²) in [5.74, 6) is 1.48. The Hall–Kier alpha value is -0.500. The molecule has 0 spiro atoms. The normalized spacial score (nSPS) is 17.3. The first-order valence-corrected chi connectivity index (χ1v) is 7.79. The Morgan fingerprint density at radius 3 is 2.35 bits per heavy atom. The van der Waals surface area contributed by atoms with Gasteiger partial charge in [-0.15, -0.1) is 11.3 Å². The van der Waals surface area contributed by atoms with Crippen LogP contribution in [-0.2, 0) is 0 Å². The molecule has 0 radical (unpaired) electrons. The van der Waals surface area contributed by atoms with Crippen LogP contribution in [0.1, 0.15) is 75.0 Å². The Morgan fingerprint density at radius 1 is 1.18 bits per heavy atom. The van der Waals surface area contributed by atoms with E-state index in [0.717, 1.165) is 5.92 Å². The first kappa shape index (κ1) is 12.9. The van der Waals surface area contributed by atoms with Gasteiger partial charge in [0.2, 0.25) is 0 Å². The molecule has 0 atom stereocenters. The van der Waals surface area contributed by atoms with E-state index in [1.807, 2.05) is 11.3 Å². The third-order valence-electron chi connectivity index (χ3n) is 3.51. The number of nitrogens with one attached hydrogen (secondary N) is 1. The van der Waals surface area contributed by atoms with Crippen LogP contribution in [0.5, 0.6) is 0 Å². The molecule has 1 heterocycles. The summed E-state index contributed by atoms with van der Waals surface area (Å²) in [5, 5.41) is 3.61. The zero-order valence-electron chi connectivity index (χ0n) is 11.5. The fraction of sp³-hybridized carbons (Fsp3) is 0.733. The fourth-order valence-corrected chi connectivity index (χ4v) is 3.99. The van der Waals surface area contributed by atoms with Crippen molar-refractivity contribution in [3.63, 3.8) is 0 Å². The molecule has 1 fully saturated rings. The molecule has 1 aromatic heterocycles. The molecule has 1 saturated carbocycles. The van der Waals surface area contributed by atoms with Gasteiger partial charge in [-0.05, 0) is 44.6 Å². The maximum Gasteiger partial charge on any atom is 0.0489 e. The van der Waals surface area contributed by atoms with Gasteiger partial charge in [-0.1, -0.05) is 26.7 Å². The van der Waals surface area contributed by atoms with Crippen LogP contribution in [-0.4, -0.2) is 6.04 Å². The van der Waals surface area contributed by atoms with Gasteiger partial charge in [-0.3, -0.25) is 0 Å². The number of thiophene rings is 1. The third-order valence-corrected chi connectivity index (χ3v) is 5.10. The Morgan fingerprint density at radius 2 is 1.82 bits per heavy atom. The van der Waals surface area contributed by atoms with Gasteiger partial charge in [0.1, 0.15) is 0 Å². The van der Waals surface area contributed by atoms with Gasteiger partial charge >= 0.3 is 0 Å². The molecule has 96 valence electrons. The summed E-state index contributed by atoms with van der Waals surface area (Å²) < 4.78 is 0. The summed E-state index contributed by atoms with van der Waals surface area (Å²) >= 11 is 2.04. The second kappa shape index (κ2) is 5.43. The molecule has 0 unspecified atom stereocenters. The lowest BCUT2D eigenvalue weighted by Gasteiger charge is -2.12. The predicted molar refractivity (Wildman–Crippen MR) is 78.4 cm³/mol. The lowest BCUT2D eigenvalue weighted by molar-refractivity contribution is 0.738. The number of hydrogen-bond donors (Lipinski definition) is 1. The molecule has 1 aromatic rings. The zero-order chi connectivity index (χ0) is 12.4. The summed E-state index contributed by atoms with van der Waals surface area (Å²) in [7, 11) is 0. The number of anilines is 1. The average Bonchev–Trinajstić information content (AvgIpc) is 2.82. The predicted octanol–water partition coefficient (Wildman–Crippen LogP) is 5.35. The van der Waals surface area contributed by atoms with E-state index in [9.17, 15) is 0 Å². The van der Waals surface area contributed by atoms with E-state index in [0.29, 0.717) is 12.0 Å². The highest BCUT2D eigenvalue weighted by atomic mass is 32.1. The highest BCUT2D eigenvalue weighted by Gasteiger charge is 2.22. The largest absolute Gasteiger partial charge is 0.382 e. The van der Waals surface area contributed by atoms with Crippen molar-refractivity contribution in [2.24, 2.45) is 0 Å². The molecule has 0 amide bonds. The first-order valence-electron chi connectivity index (χ1n) is 6.98. The Bertz CT molecular complexity index is 359. The summed E-state index contributed by atoms with van der Waals surface area (Å²) in [6.07, 6.45) is 5.65. The third kappa shape index (κ3) is 3.04. The van der Waals surface area contributed by atoms with E-state index < -0.39 is 0 Å². The van der Waals surface area contributed by atoms with E-state index in [1.165, 1.54) is 31.4 Å². The smallest absolute Gasteiger partial charge is 0.0489 e. The summed E-state index contributed by atoms with van der Waals surface area (Å²) in [6, 6.07) is 2.95. The second-order valence-electron chi connectivity index (χ2n) is 5.86. The topological polar surface area (TPSA) is 12.0 Å². The molecule has 2 rings (SSSR count). The van der Waals surface area contributed by atoms with Crippen LogP contribution >= 0.6 is 11.3 Å². The van der Waals surface area contributed by atoms with Crippen molar-refractivity contribution < 1.29 is 0 Å². The van der Waals surface area contributed by atoms with Crippen LogP contribution in [0.2, 0.25) is 0 Å². The SMILES string of the molecule is CC(C)Nc1cc(C2CCCC2)sc1C(C)C. The van der Waals surface area contributed by atoms with Crippen molar-refractivity contribution in [3.8, 4) is 0 Å². The first-order chi connectivity index (χ1) is 8.08. The van der Waals surface area contributed by atoms with E-state index in [2.05, 4.69) is 39.1 Å². The summed E-state index contributed by atoms with van der Waals surface area (Å²) in [6.45, 7) is 9.04.